The number of fused-ring (bicyclic) bond motifs is 1. The lowest BCUT2D eigenvalue weighted by Gasteiger charge is -2.33. The largest absolute Gasteiger partial charge is 0.469 e. The SMILES string of the molecule is COC(=O)CC1C(=O)NCCN1Cc1nc2sc(C)c(-c3ccc(C)cc3)c2c(=O)[nH]1. The number of piperazine rings is 1. The van der Waals surface area contributed by atoms with E-state index in [2.05, 4.69) is 15.3 Å². The van der Waals surface area contributed by atoms with Crippen molar-refractivity contribution in [1.82, 2.24) is 20.2 Å². The van der Waals surface area contributed by atoms with Crippen LogP contribution in [0.1, 0.15) is 22.7 Å². The number of amides is 1. The van der Waals surface area contributed by atoms with Crippen LogP contribution in [0.3, 0.4) is 0 Å². The summed E-state index contributed by atoms with van der Waals surface area (Å²) in [5, 5.41) is 3.35. The van der Waals surface area contributed by atoms with Gasteiger partial charge in [-0.25, -0.2) is 4.98 Å². The van der Waals surface area contributed by atoms with Gasteiger partial charge in [0.2, 0.25) is 5.91 Å². The second-order valence-corrected chi connectivity index (χ2v) is 8.85. The minimum absolute atomic E-state index is 0.0511. The number of aromatic nitrogens is 2. The summed E-state index contributed by atoms with van der Waals surface area (Å²) in [7, 11) is 1.30. The molecule has 1 amide bonds. The molecule has 8 nitrogen and oxygen atoms in total. The van der Waals surface area contributed by atoms with Crippen LogP contribution in [0.25, 0.3) is 21.3 Å². The monoisotopic (exact) mass is 440 g/mol. The summed E-state index contributed by atoms with van der Waals surface area (Å²) in [5.74, 6) is -0.215. The lowest BCUT2D eigenvalue weighted by molar-refractivity contribution is -0.146. The summed E-state index contributed by atoms with van der Waals surface area (Å²) in [6, 6.07) is 7.42. The highest BCUT2D eigenvalue weighted by Crippen LogP contribution is 2.35. The van der Waals surface area contributed by atoms with Gasteiger partial charge >= 0.3 is 5.97 Å². The Labute approximate surface area is 183 Å². The Morgan fingerprint density at radius 3 is 2.71 bits per heavy atom. The molecule has 1 aliphatic heterocycles. The van der Waals surface area contributed by atoms with Crippen molar-refractivity contribution < 1.29 is 14.3 Å². The molecular weight excluding hydrogens is 416 g/mol. The van der Waals surface area contributed by atoms with Gasteiger partial charge in [-0.05, 0) is 19.4 Å². The van der Waals surface area contributed by atoms with Crippen LogP contribution in [0.2, 0.25) is 0 Å². The van der Waals surface area contributed by atoms with E-state index in [-0.39, 0.29) is 24.4 Å². The van der Waals surface area contributed by atoms with Crippen molar-refractivity contribution in [3.8, 4) is 11.1 Å². The van der Waals surface area contributed by atoms with Crippen molar-refractivity contribution in [1.29, 1.82) is 0 Å². The maximum atomic E-state index is 13.0. The number of carbonyl (C=O) groups excluding carboxylic acids is 2. The fourth-order valence-corrected chi connectivity index (χ4v) is 4.98. The Kier molecular flexibility index (Phi) is 5.88. The summed E-state index contributed by atoms with van der Waals surface area (Å²) in [6.07, 6.45) is -0.0511. The molecule has 162 valence electrons. The van der Waals surface area contributed by atoms with E-state index in [1.807, 2.05) is 43.0 Å². The van der Waals surface area contributed by atoms with E-state index in [9.17, 15) is 14.4 Å². The van der Waals surface area contributed by atoms with Gasteiger partial charge in [-0.1, -0.05) is 29.8 Å². The molecule has 31 heavy (non-hydrogen) atoms. The number of esters is 1. The summed E-state index contributed by atoms with van der Waals surface area (Å²) in [4.78, 5) is 48.2. The average molecular weight is 441 g/mol. The molecule has 1 fully saturated rings. The van der Waals surface area contributed by atoms with E-state index >= 15 is 0 Å². The predicted octanol–water partition coefficient (Wildman–Crippen LogP) is 2.13. The first kappa shape index (κ1) is 21.2. The van der Waals surface area contributed by atoms with Crippen molar-refractivity contribution in [2.24, 2.45) is 0 Å². The highest BCUT2D eigenvalue weighted by molar-refractivity contribution is 7.19. The average Bonchev–Trinajstić information content (AvgIpc) is 3.07. The molecule has 3 aromatic rings. The van der Waals surface area contributed by atoms with Crippen LogP contribution < -0.4 is 10.9 Å². The predicted molar refractivity (Wildman–Crippen MR) is 119 cm³/mol. The highest BCUT2D eigenvalue weighted by Gasteiger charge is 2.32. The Morgan fingerprint density at radius 1 is 1.26 bits per heavy atom. The number of nitrogens with zero attached hydrogens (tertiary/aromatic N) is 2. The van der Waals surface area contributed by atoms with Crippen LogP contribution in [0, 0.1) is 13.8 Å². The van der Waals surface area contributed by atoms with Gasteiger partial charge in [0.15, 0.2) is 0 Å². The highest BCUT2D eigenvalue weighted by atomic mass is 32.1. The topological polar surface area (TPSA) is 104 Å². The minimum atomic E-state index is -0.657. The van der Waals surface area contributed by atoms with E-state index in [1.54, 1.807) is 0 Å². The molecule has 1 atom stereocenters. The Morgan fingerprint density at radius 2 is 2.00 bits per heavy atom. The maximum Gasteiger partial charge on any atom is 0.307 e. The molecular formula is C22H24N4O4S. The fraction of sp³-hybridized carbons (Fsp3) is 0.364. The number of rotatable bonds is 5. The number of hydrogen-bond donors (Lipinski definition) is 2. The number of carbonyl (C=O) groups is 2. The third kappa shape index (κ3) is 4.24. The smallest absolute Gasteiger partial charge is 0.307 e. The Hall–Kier alpha value is -3.04. The minimum Gasteiger partial charge on any atom is -0.469 e. The van der Waals surface area contributed by atoms with Crippen LogP contribution in [0.4, 0.5) is 0 Å². The third-order valence-corrected chi connectivity index (χ3v) is 6.51. The molecule has 2 aromatic heterocycles. The molecule has 0 aliphatic carbocycles. The van der Waals surface area contributed by atoms with Crippen LogP contribution >= 0.6 is 11.3 Å². The summed E-state index contributed by atoms with van der Waals surface area (Å²) >= 11 is 1.48. The normalized spacial score (nSPS) is 17.0. The van der Waals surface area contributed by atoms with Crippen molar-refractivity contribution in [2.75, 3.05) is 20.2 Å². The van der Waals surface area contributed by atoms with Crippen LogP contribution in [-0.4, -0.2) is 53.0 Å². The van der Waals surface area contributed by atoms with Crippen LogP contribution in [-0.2, 0) is 20.9 Å². The third-order valence-electron chi connectivity index (χ3n) is 5.51. The van der Waals surface area contributed by atoms with Crippen molar-refractivity contribution >= 4 is 33.4 Å². The van der Waals surface area contributed by atoms with E-state index in [0.717, 1.165) is 21.6 Å². The maximum absolute atomic E-state index is 13.0. The second kappa shape index (κ2) is 8.60. The van der Waals surface area contributed by atoms with Gasteiger partial charge in [0.25, 0.3) is 5.56 Å². The molecule has 1 aliphatic rings. The lowest BCUT2D eigenvalue weighted by atomic mass is 10.0. The molecule has 9 heteroatoms. The molecule has 2 N–H and O–H groups in total. The van der Waals surface area contributed by atoms with E-state index in [4.69, 9.17) is 4.74 Å². The number of ether oxygens (including phenoxy) is 1. The molecule has 0 bridgehead atoms. The van der Waals surface area contributed by atoms with Crippen LogP contribution in [0.15, 0.2) is 29.1 Å². The number of benzene rings is 1. The fourth-order valence-electron chi connectivity index (χ4n) is 3.91. The molecule has 1 unspecified atom stereocenters. The number of thiophene rings is 1. The Bertz CT molecular complexity index is 1200. The molecule has 4 rings (SSSR count). The first-order chi connectivity index (χ1) is 14.9. The number of nitrogens with one attached hydrogen (secondary N) is 2. The van der Waals surface area contributed by atoms with Crippen molar-refractivity contribution in [3.63, 3.8) is 0 Å². The van der Waals surface area contributed by atoms with Crippen molar-refractivity contribution in [3.05, 3.63) is 50.9 Å². The van der Waals surface area contributed by atoms with Crippen molar-refractivity contribution in [2.45, 2.75) is 32.9 Å². The number of hydrogen-bond acceptors (Lipinski definition) is 7. The van der Waals surface area contributed by atoms with E-state index in [1.165, 1.54) is 18.4 Å². The Balaban J connectivity index is 1.68. The number of aromatic amines is 1. The van der Waals surface area contributed by atoms with Gasteiger partial charge in [-0.15, -0.1) is 11.3 Å². The summed E-state index contributed by atoms with van der Waals surface area (Å²) < 4.78 is 4.72. The molecule has 0 radical (unpaired) electrons. The zero-order valence-electron chi connectivity index (χ0n) is 17.7. The zero-order chi connectivity index (χ0) is 22.1. The van der Waals surface area contributed by atoms with Gasteiger partial charge in [0.05, 0.1) is 25.5 Å². The van der Waals surface area contributed by atoms with Gasteiger partial charge < -0.3 is 15.0 Å². The number of aryl methyl sites for hydroxylation is 2. The zero-order valence-corrected chi connectivity index (χ0v) is 18.5. The summed E-state index contributed by atoms with van der Waals surface area (Å²) in [5.41, 5.74) is 2.84. The summed E-state index contributed by atoms with van der Waals surface area (Å²) in [6.45, 7) is 5.29. The molecule has 1 aromatic carbocycles. The van der Waals surface area contributed by atoms with Crippen LogP contribution in [0.5, 0.6) is 0 Å². The van der Waals surface area contributed by atoms with Gasteiger partial charge in [-0.3, -0.25) is 19.3 Å². The van der Waals surface area contributed by atoms with E-state index in [0.29, 0.717) is 29.1 Å². The number of methoxy groups -OCH3 is 1. The standard InChI is InChI=1S/C22H24N4O4S/c1-12-4-6-14(7-5-12)18-13(2)31-22-19(18)21(29)24-16(25-22)11-26-9-8-23-20(28)15(26)10-17(27)30-3/h4-7,15H,8-11H2,1-3H3,(H,23,28)(H,24,25,29). The molecule has 3 heterocycles. The van der Waals surface area contributed by atoms with Gasteiger partial charge in [0.1, 0.15) is 16.7 Å². The van der Waals surface area contributed by atoms with E-state index < -0.39 is 12.0 Å². The first-order valence-corrected chi connectivity index (χ1v) is 10.9. The quantitative estimate of drug-likeness (QED) is 0.589. The molecule has 0 saturated carbocycles. The first-order valence-electron chi connectivity index (χ1n) is 10.0. The second-order valence-electron chi connectivity index (χ2n) is 7.65. The molecule has 0 spiro atoms. The molecule has 1 saturated heterocycles. The van der Waals surface area contributed by atoms with Gasteiger partial charge in [0, 0.05) is 23.5 Å². The lowest BCUT2D eigenvalue weighted by Crippen LogP contribution is -2.55. The van der Waals surface area contributed by atoms with Gasteiger partial charge in [-0.2, -0.15) is 0 Å². The number of H-pyrrole nitrogens is 1.